The summed E-state index contributed by atoms with van der Waals surface area (Å²) in [5.74, 6) is -0.189. The lowest BCUT2D eigenvalue weighted by atomic mass is 9.92. The summed E-state index contributed by atoms with van der Waals surface area (Å²) in [7, 11) is 0. The number of benzene rings is 3. The van der Waals surface area contributed by atoms with Gasteiger partial charge in [-0.3, -0.25) is 4.79 Å². The number of aliphatic carboxylic acids is 1. The lowest BCUT2D eigenvalue weighted by Gasteiger charge is -2.15. The van der Waals surface area contributed by atoms with Gasteiger partial charge in [0.25, 0.3) is 0 Å². The van der Waals surface area contributed by atoms with Crippen molar-refractivity contribution >= 4 is 5.97 Å². The molecular formula is C44H61F3O5. The number of aliphatic hydroxyl groups is 1. The van der Waals surface area contributed by atoms with Crippen LogP contribution in [-0.2, 0) is 33.5 Å². The Hall–Kier alpha value is -3.46. The van der Waals surface area contributed by atoms with Crippen LogP contribution < -0.4 is 0 Å². The molecule has 2 aliphatic heterocycles. The zero-order valence-corrected chi connectivity index (χ0v) is 32.1. The van der Waals surface area contributed by atoms with Gasteiger partial charge < -0.3 is 19.7 Å². The molecular weight excluding hydrogens is 665 g/mol. The summed E-state index contributed by atoms with van der Waals surface area (Å²) >= 11 is 0. The predicted octanol–water partition coefficient (Wildman–Crippen LogP) is 10.4. The molecule has 2 N–H and O–H groups in total. The summed E-state index contributed by atoms with van der Waals surface area (Å²) in [4.78, 5) is 10.5. The second-order valence-corrected chi connectivity index (χ2v) is 15.4. The number of rotatable bonds is 12. The summed E-state index contributed by atoms with van der Waals surface area (Å²) in [6.07, 6.45) is 9.50. The van der Waals surface area contributed by atoms with Crippen LogP contribution >= 0.6 is 0 Å². The zero-order chi connectivity index (χ0) is 38.7. The van der Waals surface area contributed by atoms with E-state index >= 15 is 0 Å². The smallest absolute Gasteiger partial charge is 0.306 e. The zero-order valence-electron chi connectivity index (χ0n) is 32.1. The Morgan fingerprint density at radius 3 is 1.52 bits per heavy atom. The molecule has 0 amide bonds. The van der Waals surface area contributed by atoms with Gasteiger partial charge in [0.05, 0.1) is 30.3 Å². The molecule has 0 bridgehead atoms. The topological polar surface area (TPSA) is 76.0 Å². The van der Waals surface area contributed by atoms with Gasteiger partial charge in [0.2, 0.25) is 0 Å². The van der Waals surface area contributed by atoms with E-state index in [9.17, 15) is 18.0 Å². The second kappa shape index (κ2) is 22.6. The third-order valence-corrected chi connectivity index (χ3v) is 9.37. The van der Waals surface area contributed by atoms with E-state index in [1.165, 1.54) is 42.0 Å². The minimum absolute atomic E-state index is 0.0491. The number of hydrogen-bond acceptors (Lipinski definition) is 4. The summed E-state index contributed by atoms with van der Waals surface area (Å²) < 4.78 is 48.9. The molecule has 2 aliphatic rings. The molecule has 0 saturated carbocycles. The molecule has 2 fully saturated rings. The van der Waals surface area contributed by atoms with Gasteiger partial charge in [-0.1, -0.05) is 56.3 Å². The van der Waals surface area contributed by atoms with E-state index in [-0.39, 0.29) is 41.2 Å². The van der Waals surface area contributed by atoms with E-state index in [0.29, 0.717) is 30.6 Å². The molecule has 0 aromatic heterocycles. The van der Waals surface area contributed by atoms with Gasteiger partial charge in [-0.25, -0.2) is 13.2 Å². The van der Waals surface area contributed by atoms with Crippen molar-refractivity contribution in [3.63, 3.8) is 0 Å². The van der Waals surface area contributed by atoms with Gasteiger partial charge in [0, 0.05) is 12.5 Å². The third kappa shape index (κ3) is 18.9. The first-order valence-corrected chi connectivity index (χ1v) is 18.5. The maximum atomic E-state index is 12.7. The van der Waals surface area contributed by atoms with Crippen molar-refractivity contribution in [1.29, 1.82) is 0 Å². The summed E-state index contributed by atoms with van der Waals surface area (Å²) in [5.41, 5.74) is 3.46. The SMILES string of the molecule is C=C[C@@H]1COC(C)(C)C1.CC1(C)C[C@H](CCc2ccc(F)cc2)CO1.C[C@@H](CO)CCc1ccc(F)cc1.C[C@H](CCc1ccc(F)cc1)C(=O)O. The fourth-order valence-corrected chi connectivity index (χ4v) is 5.91. The minimum atomic E-state index is -0.785. The number of hydrogen-bond donors (Lipinski definition) is 2. The van der Waals surface area contributed by atoms with Gasteiger partial charge in [0.1, 0.15) is 17.5 Å². The number of carbonyl (C=O) groups is 1. The molecule has 0 radical (unpaired) electrons. The average Bonchev–Trinajstić information content (AvgIpc) is 3.67. The lowest BCUT2D eigenvalue weighted by Crippen LogP contribution is -2.16. The van der Waals surface area contributed by atoms with E-state index in [0.717, 1.165) is 62.9 Å². The van der Waals surface area contributed by atoms with Gasteiger partial charge >= 0.3 is 5.97 Å². The first-order chi connectivity index (χ1) is 24.5. The Morgan fingerprint density at radius 2 is 1.17 bits per heavy atom. The van der Waals surface area contributed by atoms with Crippen molar-refractivity contribution in [2.45, 2.75) is 104 Å². The number of carboxylic acid groups (broad SMARTS) is 1. The summed E-state index contributed by atoms with van der Waals surface area (Å²) in [6, 6.07) is 19.5. The van der Waals surface area contributed by atoms with Crippen LogP contribution in [0.25, 0.3) is 0 Å². The monoisotopic (exact) mass is 726 g/mol. The maximum Gasteiger partial charge on any atom is 0.306 e. The minimum Gasteiger partial charge on any atom is -0.481 e. The molecule has 3 aromatic rings. The Labute approximate surface area is 310 Å². The Kier molecular flexibility index (Phi) is 19.4. The molecule has 4 atom stereocenters. The van der Waals surface area contributed by atoms with Crippen molar-refractivity contribution in [2.75, 3.05) is 19.8 Å². The summed E-state index contributed by atoms with van der Waals surface area (Å²) in [6.45, 7) is 17.9. The number of carboxylic acids is 1. The molecule has 2 heterocycles. The van der Waals surface area contributed by atoms with Gasteiger partial charge in [-0.15, -0.1) is 6.58 Å². The van der Waals surface area contributed by atoms with Crippen LogP contribution in [0.2, 0.25) is 0 Å². The number of aliphatic hydroxyl groups excluding tert-OH is 1. The highest BCUT2D eigenvalue weighted by Gasteiger charge is 2.31. The summed E-state index contributed by atoms with van der Waals surface area (Å²) in [5, 5.41) is 17.4. The molecule has 5 rings (SSSR count). The molecule has 0 unspecified atom stereocenters. The molecule has 3 aromatic carbocycles. The van der Waals surface area contributed by atoms with Gasteiger partial charge in [-0.05, 0) is 144 Å². The van der Waals surface area contributed by atoms with Crippen molar-refractivity contribution < 1.29 is 37.7 Å². The molecule has 52 heavy (non-hydrogen) atoms. The molecule has 2 saturated heterocycles. The molecule has 8 heteroatoms. The van der Waals surface area contributed by atoms with Gasteiger partial charge in [-0.2, -0.15) is 0 Å². The molecule has 0 aliphatic carbocycles. The number of halogens is 3. The van der Waals surface area contributed by atoms with Crippen molar-refractivity contribution in [3.05, 3.63) is 120 Å². The fourth-order valence-electron chi connectivity index (χ4n) is 5.91. The van der Waals surface area contributed by atoms with Crippen LogP contribution in [-0.4, -0.2) is 47.2 Å². The maximum absolute atomic E-state index is 12.7. The van der Waals surface area contributed by atoms with Crippen LogP contribution in [0.4, 0.5) is 13.2 Å². The Bertz CT molecular complexity index is 1440. The average molecular weight is 727 g/mol. The number of aryl methyl sites for hydroxylation is 3. The molecule has 0 spiro atoms. The first kappa shape index (κ1) is 44.7. The molecule has 5 nitrogen and oxygen atoms in total. The van der Waals surface area contributed by atoms with Crippen LogP contribution in [0.15, 0.2) is 85.5 Å². The van der Waals surface area contributed by atoms with Crippen molar-refractivity contribution in [3.8, 4) is 0 Å². The number of ether oxygens (including phenoxy) is 2. The van der Waals surface area contributed by atoms with Crippen LogP contribution in [0.1, 0.15) is 90.3 Å². The van der Waals surface area contributed by atoms with Crippen LogP contribution in [0, 0.1) is 41.1 Å². The van der Waals surface area contributed by atoms with E-state index in [1.807, 2.05) is 25.1 Å². The van der Waals surface area contributed by atoms with Crippen molar-refractivity contribution in [2.24, 2.45) is 23.7 Å². The van der Waals surface area contributed by atoms with E-state index < -0.39 is 5.97 Å². The predicted molar refractivity (Wildman–Crippen MR) is 204 cm³/mol. The third-order valence-electron chi connectivity index (χ3n) is 9.37. The molecule has 288 valence electrons. The van der Waals surface area contributed by atoms with Crippen LogP contribution in [0.3, 0.4) is 0 Å². The van der Waals surface area contributed by atoms with Crippen LogP contribution in [0.5, 0.6) is 0 Å². The highest BCUT2D eigenvalue weighted by Crippen LogP contribution is 2.32. The largest absolute Gasteiger partial charge is 0.481 e. The highest BCUT2D eigenvalue weighted by molar-refractivity contribution is 5.69. The van der Waals surface area contributed by atoms with E-state index in [1.54, 1.807) is 31.2 Å². The Balaban J connectivity index is 0.000000244. The van der Waals surface area contributed by atoms with Gasteiger partial charge in [0.15, 0.2) is 0 Å². The standard InChI is InChI=1S/C14H19FO.C11H13FO2.C11H15FO.C8H14O/c1-14(2)9-12(10-16-14)4-3-11-5-7-13(15)8-6-11;1-8(11(13)14)2-3-9-4-6-10(12)7-5-9;1-9(8-13)2-3-10-4-6-11(12)7-5-10;1-4-7-5-8(2,3)9-6-7/h5-8,12H,3-4,9-10H2,1-2H3;4-8H,2-3H2,1H3,(H,13,14);4-7,9,13H,2-3,8H2,1H3;4,7H,1,5-6H2,2-3H3/t12-;8-;9-;7-/m0110/s1. The van der Waals surface area contributed by atoms with E-state index in [2.05, 4.69) is 34.3 Å². The normalized spacial score (nSPS) is 19.4. The fraction of sp³-hybridized carbons (Fsp3) is 0.523. The second-order valence-electron chi connectivity index (χ2n) is 15.4. The van der Waals surface area contributed by atoms with Crippen molar-refractivity contribution in [1.82, 2.24) is 0 Å². The first-order valence-electron chi connectivity index (χ1n) is 18.5. The highest BCUT2D eigenvalue weighted by atomic mass is 19.1. The van der Waals surface area contributed by atoms with E-state index in [4.69, 9.17) is 19.7 Å². The Morgan fingerprint density at radius 1 is 0.750 bits per heavy atom. The lowest BCUT2D eigenvalue weighted by molar-refractivity contribution is -0.141. The quantitative estimate of drug-likeness (QED) is 0.182.